The van der Waals surface area contributed by atoms with Gasteiger partial charge in [0.2, 0.25) is 23.5 Å². The number of primary amides is 1. The highest BCUT2D eigenvalue weighted by molar-refractivity contribution is 5.81. The van der Waals surface area contributed by atoms with E-state index in [2.05, 4.69) is 10.1 Å². The maximum atomic E-state index is 13.3. The third kappa shape index (κ3) is 3.84. The van der Waals surface area contributed by atoms with E-state index in [1.54, 1.807) is 24.0 Å². The number of carbonyl (C=O) groups is 2. The summed E-state index contributed by atoms with van der Waals surface area (Å²) in [6, 6.07) is 4.58. The minimum atomic E-state index is -0.369. The second-order valence-corrected chi connectivity index (χ2v) is 6.20. The summed E-state index contributed by atoms with van der Waals surface area (Å²) in [6.45, 7) is 2.57. The first-order valence-corrected chi connectivity index (χ1v) is 8.10. The molecule has 1 aromatic heterocycles. The molecule has 3 rings (SSSR count). The van der Waals surface area contributed by atoms with Gasteiger partial charge in [-0.2, -0.15) is 4.98 Å². The number of rotatable bonds is 5. The lowest BCUT2D eigenvalue weighted by molar-refractivity contribution is -0.130. The van der Waals surface area contributed by atoms with Crippen LogP contribution in [0.25, 0.3) is 11.4 Å². The minimum absolute atomic E-state index is 0.0684. The fourth-order valence-electron chi connectivity index (χ4n) is 2.85. The van der Waals surface area contributed by atoms with Crippen LogP contribution < -0.4 is 5.73 Å². The zero-order valence-electron chi connectivity index (χ0n) is 13.9. The summed E-state index contributed by atoms with van der Waals surface area (Å²) < 4.78 is 18.5. The number of hydrogen-bond acceptors (Lipinski definition) is 5. The Labute approximate surface area is 144 Å². The average Bonchev–Trinajstić information content (AvgIpc) is 3.24. The number of aromatic nitrogens is 2. The molecule has 132 valence electrons. The van der Waals surface area contributed by atoms with Crippen LogP contribution in [0, 0.1) is 18.7 Å². The van der Waals surface area contributed by atoms with Gasteiger partial charge in [-0.25, -0.2) is 4.39 Å². The molecule has 0 spiro atoms. The van der Waals surface area contributed by atoms with Crippen LogP contribution in [0.15, 0.2) is 22.7 Å². The van der Waals surface area contributed by atoms with Crippen molar-refractivity contribution in [2.45, 2.75) is 26.2 Å². The van der Waals surface area contributed by atoms with E-state index in [1.807, 2.05) is 0 Å². The molecule has 25 heavy (non-hydrogen) atoms. The fraction of sp³-hybridized carbons (Fsp3) is 0.412. The predicted octanol–water partition coefficient (Wildman–Crippen LogP) is 1.45. The minimum Gasteiger partial charge on any atom is -0.369 e. The number of benzene rings is 1. The van der Waals surface area contributed by atoms with Gasteiger partial charge in [0.05, 0.1) is 5.92 Å². The normalized spacial score (nSPS) is 17.0. The van der Waals surface area contributed by atoms with E-state index in [9.17, 15) is 14.0 Å². The molecule has 1 aromatic carbocycles. The number of amides is 2. The molecular weight excluding hydrogens is 327 g/mol. The van der Waals surface area contributed by atoms with Gasteiger partial charge in [-0.15, -0.1) is 0 Å². The van der Waals surface area contributed by atoms with E-state index < -0.39 is 0 Å². The van der Waals surface area contributed by atoms with Gasteiger partial charge in [0.25, 0.3) is 0 Å². The maximum absolute atomic E-state index is 13.3. The molecule has 8 heteroatoms. The molecule has 0 radical (unpaired) electrons. The standard InChI is InChI=1S/C17H19FN4O3/c1-10-8-11(2-3-13(10)18)17-20-14(25-21-17)4-5-15(23)22-7-6-12(9-22)16(19)24/h2-3,8,12H,4-7,9H2,1H3,(H2,19,24). The lowest BCUT2D eigenvalue weighted by Crippen LogP contribution is -2.31. The highest BCUT2D eigenvalue weighted by Gasteiger charge is 2.29. The van der Waals surface area contributed by atoms with Crippen molar-refractivity contribution in [3.63, 3.8) is 0 Å². The molecule has 2 heterocycles. The topological polar surface area (TPSA) is 102 Å². The van der Waals surface area contributed by atoms with Gasteiger partial charge in [0.15, 0.2) is 0 Å². The second kappa shape index (κ2) is 7.00. The summed E-state index contributed by atoms with van der Waals surface area (Å²) in [7, 11) is 0. The number of nitrogens with two attached hydrogens (primary N) is 1. The van der Waals surface area contributed by atoms with Crippen molar-refractivity contribution in [1.82, 2.24) is 15.0 Å². The second-order valence-electron chi connectivity index (χ2n) is 6.20. The summed E-state index contributed by atoms with van der Waals surface area (Å²) in [5, 5.41) is 3.87. The molecule has 2 N–H and O–H groups in total. The van der Waals surface area contributed by atoms with Crippen LogP contribution >= 0.6 is 0 Å². The SMILES string of the molecule is Cc1cc(-c2noc(CCC(=O)N3CCC(C(N)=O)C3)n2)ccc1F. The molecule has 0 aliphatic carbocycles. The van der Waals surface area contributed by atoms with E-state index in [0.29, 0.717) is 48.8 Å². The molecule has 1 unspecified atom stereocenters. The molecular formula is C17H19FN4O3. The molecule has 1 aliphatic heterocycles. The number of carbonyl (C=O) groups excluding carboxylic acids is 2. The van der Waals surface area contributed by atoms with E-state index in [-0.39, 0.29) is 30.0 Å². The molecule has 0 bridgehead atoms. The van der Waals surface area contributed by atoms with E-state index in [4.69, 9.17) is 10.3 Å². The Morgan fingerprint density at radius 1 is 1.44 bits per heavy atom. The Morgan fingerprint density at radius 2 is 2.24 bits per heavy atom. The molecule has 7 nitrogen and oxygen atoms in total. The van der Waals surface area contributed by atoms with Crippen molar-refractivity contribution in [2.75, 3.05) is 13.1 Å². The first-order chi connectivity index (χ1) is 11.9. The van der Waals surface area contributed by atoms with Crippen molar-refractivity contribution in [3.05, 3.63) is 35.5 Å². The summed E-state index contributed by atoms with van der Waals surface area (Å²) in [4.78, 5) is 29.2. The predicted molar refractivity (Wildman–Crippen MR) is 86.6 cm³/mol. The van der Waals surface area contributed by atoms with Crippen LogP contribution in [0.3, 0.4) is 0 Å². The molecule has 1 saturated heterocycles. The van der Waals surface area contributed by atoms with Gasteiger partial charge in [-0.05, 0) is 37.1 Å². The highest BCUT2D eigenvalue weighted by Crippen LogP contribution is 2.20. The lowest BCUT2D eigenvalue weighted by atomic mass is 10.1. The van der Waals surface area contributed by atoms with Gasteiger partial charge < -0.3 is 15.2 Å². The Morgan fingerprint density at radius 3 is 2.92 bits per heavy atom. The Hall–Kier alpha value is -2.77. The zero-order valence-corrected chi connectivity index (χ0v) is 13.9. The number of likely N-dealkylation sites (tertiary alicyclic amines) is 1. The number of aryl methyl sites for hydroxylation is 2. The molecule has 2 aromatic rings. The lowest BCUT2D eigenvalue weighted by Gasteiger charge is -2.15. The Kier molecular flexibility index (Phi) is 4.78. The van der Waals surface area contributed by atoms with Crippen molar-refractivity contribution < 1.29 is 18.5 Å². The number of hydrogen-bond donors (Lipinski definition) is 1. The van der Waals surface area contributed by atoms with Gasteiger partial charge in [0.1, 0.15) is 5.82 Å². The third-order valence-corrected chi connectivity index (χ3v) is 4.38. The summed E-state index contributed by atoms with van der Waals surface area (Å²) in [5.74, 6) is -0.289. The maximum Gasteiger partial charge on any atom is 0.227 e. The molecule has 2 amide bonds. The molecule has 1 fully saturated rings. The average molecular weight is 346 g/mol. The zero-order chi connectivity index (χ0) is 18.0. The monoisotopic (exact) mass is 346 g/mol. The molecule has 0 saturated carbocycles. The molecule has 1 aliphatic rings. The highest BCUT2D eigenvalue weighted by atomic mass is 19.1. The Balaban J connectivity index is 1.58. The smallest absolute Gasteiger partial charge is 0.227 e. The van der Waals surface area contributed by atoms with E-state index in [1.165, 1.54) is 6.07 Å². The summed E-state index contributed by atoms with van der Waals surface area (Å²) in [6.07, 6.45) is 1.13. The van der Waals surface area contributed by atoms with E-state index >= 15 is 0 Å². The van der Waals surface area contributed by atoms with Gasteiger partial charge in [-0.1, -0.05) is 5.16 Å². The van der Waals surface area contributed by atoms with Crippen molar-refractivity contribution in [3.8, 4) is 11.4 Å². The number of halogens is 1. The first-order valence-electron chi connectivity index (χ1n) is 8.10. The summed E-state index contributed by atoms with van der Waals surface area (Å²) in [5.41, 5.74) is 6.42. The van der Waals surface area contributed by atoms with Gasteiger partial charge in [-0.3, -0.25) is 9.59 Å². The van der Waals surface area contributed by atoms with Crippen LogP contribution in [0.1, 0.15) is 24.3 Å². The van der Waals surface area contributed by atoms with Crippen LogP contribution in [0.2, 0.25) is 0 Å². The van der Waals surface area contributed by atoms with Gasteiger partial charge >= 0.3 is 0 Å². The van der Waals surface area contributed by atoms with Crippen molar-refractivity contribution in [2.24, 2.45) is 11.7 Å². The van der Waals surface area contributed by atoms with Crippen LogP contribution in [0.5, 0.6) is 0 Å². The fourth-order valence-corrected chi connectivity index (χ4v) is 2.85. The number of nitrogens with zero attached hydrogens (tertiary/aromatic N) is 3. The first kappa shape index (κ1) is 17.1. The molecule has 1 atom stereocenters. The summed E-state index contributed by atoms with van der Waals surface area (Å²) >= 11 is 0. The van der Waals surface area contributed by atoms with Crippen LogP contribution in [0.4, 0.5) is 4.39 Å². The van der Waals surface area contributed by atoms with Crippen LogP contribution in [-0.4, -0.2) is 39.9 Å². The van der Waals surface area contributed by atoms with E-state index in [0.717, 1.165) is 0 Å². The quantitative estimate of drug-likeness (QED) is 0.883. The largest absolute Gasteiger partial charge is 0.369 e. The van der Waals surface area contributed by atoms with Crippen LogP contribution in [-0.2, 0) is 16.0 Å². The third-order valence-electron chi connectivity index (χ3n) is 4.38. The van der Waals surface area contributed by atoms with Crippen molar-refractivity contribution >= 4 is 11.8 Å². The van der Waals surface area contributed by atoms with Crippen molar-refractivity contribution in [1.29, 1.82) is 0 Å². The Bertz CT molecular complexity index is 805. The van der Waals surface area contributed by atoms with Gasteiger partial charge in [0, 0.05) is 31.5 Å².